The van der Waals surface area contributed by atoms with Crippen LogP contribution in [0.2, 0.25) is 0 Å². The quantitative estimate of drug-likeness (QED) is 0.488. The molecule has 0 bridgehead atoms. The minimum atomic E-state index is -0.912. The Morgan fingerprint density at radius 3 is 2.40 bits per heavy atom. The SMILES string of the molecule is CC(NCC(Cc1ccccc1)C(=O)O)C(=O)C1NC(C(=O)O)CC12CCCCC2. The molecule has 7 nitrogen and oxygen atoms in total. The van der Waals surface area contributed by atoms with Gasteiger partial charge in [0.15, 0.2) is 5.78 Å². The van der Waals surface area contributed by atoms with Crippen molar-refractivity contribution in [1.82, 2.24) is 10.6 Å². The number of aliphatic carboxylic acids is 2. The van der Waals surface area contributed by atoms with E-state index in [1.165, 1.54) is 0 Å². The van der Waals surface area contributed by atoms with Crippen LogP contribution in [0, 0.1) is 11.3 Å². The van der Waals surface area contributed by atoms with Gasteiger partial charge in [-0.3, -0.25) is 19.7 Å². The van der Waals surface area contributed by atoms with Crippen molar-refractivity contribution in [2.24, 2.45) is 11.3 Å². The van der Waals surface area contributed by atoms with Gasteiger partial charge in [0.1, 0.15) is 6.04 Å². The highest BCUT2D eigenvalue weighted by molar-refractivity contribution is 5.91. The van der Waals surface area contributed by atoms with Gasteiger partial charge in [-0.2, -0.15) is 0 Å². The molecule has 1 spiro atoms. The van der Waals surface area contributed by atoms with Gasteiger partial charge in [0.25, 0.3) is 0 Å². The maximum absolute atomic E-state index is 13.3. The molecular weight excluding hydrogens is 384 g/mol. The lowest BCUT2D eigenvalue weighted by molar-refractivity contribution is -0.142. The molecule has 2 fully saturated rings. The fraction of sp³-hybridized carbons (Fsp3) is 0.609. The van der Waals surface area contributed by atoms with Crippen molar-refractivity contribution in [2.75, 3.05) is 6.54 Å². The van der Waals surface area contributed by atoms with Crippen LogP contribution in [0.15, 0.2) is 30.3 Å². The van der Waals surface area contributed by atoms with Gasteiger partial charge in [-0.1, -0.05) is 49.6 Å². The molecule has 1 aromatic carbocycles. The van der Waals surface area contributed by atoms with E-state index in [4.69, 9.17) is 0 Å². The predicted molar refractivity (Wildman–Crippen MR) is 112 cm³/mol. The third-order valence-electron chi connectivity index (χ3n) is 6.79. The largest absolute Gasteiger partial charge is 0.481 e. The molecule has 4 N–H and O–H groups in total. The highest BCUT2D eigenvalue weighted by Gasteiger charge is 2.52. The van der Waals surface area contributed by atoms with Crippen molar-refractivity contribution in [3.05, 3.63) is 35.9 Å². The zero-order valence-electron chi connectivity index (χ0n) is 17.5. The summed E-state index contributed by atoms with van der Waals surface area (Å²) in [6.45, 7) is 1.93. The van der Waals surface area contributed by atoms with Crippen LogP contribution in [0.4, 0.5) is 0 Å². The topological polar surface area (TPSA) is 116 Å². The van der Waals surface area contributed by atoms with Gasteiger partial charge in [0, 0.05) is 6.54 Å². The number of carboxylic acids is 2. The number of hydrogen-bond acceptors (Lipinski definition) is 5. The van der Waals surface area contributed by atoms with E-state index in [1.54, 1.807) is 6.92 Å². The predicted octanol–water partition coefficient (Wildman–Crippen LogP) is 2.24. The lowest BCUT2D eigenvalue weighted by atomic mass is 9.67. The molecule has 7 heteroatoms. The number of hydrogen-bond donors (Lipinski definition) is 4. The van der Waals surface area contributed by atoms with Gasteiger partial charge in [0.05, 0.1) is 18.0 Å². The van der Waals surface area contributed by atoms with Crippen molar-refractivity contribution in [3.8, 4) is 0 Å². The van der Waals surface area contributed by atoms with Gasteiger partial charge in [-0.25, -0.2) is 0 Å². The van der Waals surface area contributed by atoms with Crippen LogP contribution < -0.4 is 10.6 Å². The third-order valence-corrected chi connectivity index (χ3v) is 6.79. The summed E-state index contributed by atoms with van der Waals surface area (Å²) in [5, 5.41) is 25.3. The summed E-state index contributed by atoms with van der Waals surface area (Å²) in [6.07, 6.45) is 5.73. The van der Waals surface area contributed by atoms with Crippen LogP contribution in [0.1, 0.15) is 51.0 Å². The van der Waals surface area contributed by atoms with E-state index in [2.05, 4.69) is 10.6 Å². The fourth-order valence-electron chi connectivity index (χ4n) is 5.07. The normalized spacial score (nSPS) is 25.0. The summed E-state index contributed by atoms with van der Waals surface area (Å²) in [6, 6.07) is 7.68. The Labute approximate surface area is 177 Å². The highest BCUT2D eigenvalue weighted by Crippen LogP contribution is 2.47. The number of ketones is 1. The highest BCUT2D eigenvalue weighted by atomic mass is 16.4. The van der Waals surface area contributed by atoms with Crippen molar-refractivity contribution in [2.45, 2.75) is 70.0 Å². The second-order valence-corrected chi connectivity index (χ2v) is 8.87. The molecule has 1 aliphatic heterocycles. The van der Waals surface area contributed by atoms with Crippen LogP contribution in [0.3, 0.4) is 0 Å². The number of carboxylic acid groups (broad SMARTS) is 2. The average molecular weight is 417 g/mol. The van der Waals surface area contributed by atoms with Crippen LogP contribution in [-0.4, -0.2) is 52.6 Å². The van der Waals surface area contributed by atoms with E-state index in [9.17, 15) is 24.6 Å². The zero-order valence-corrected chi connectivity index (χ0v) is 17.5. The van der Waals surface area contributed by atoms with Gasteiger partial charge in [-0.15, -0.1) is 0 Å². The number of carbonyl (C=O) groups excluding carboxylic acids is 1. The van der Waals surface area contributed by atoms with Crippen molar-refractivity contribution >= 4 is 17.7 Å². The van der Waals surface area contributed by atoms with E-state index >= 15 is 0 Å². The Morgan fingerprint density at radius 1 is 1.13 bits per heavy atom. The average Bonchev–Trinajstić information content (AvgIpc) is 3.10. The maximum Gasteiger partial charge on any atom is 0.320 e. The van der Waals surface area contributed by atoms with Crippen LogP contribution in [0.5, 0.6) is 0 Å². The number of carbonyl (C=O) groups is 3. The second-order valence-electron chi connectivity index (χ2n) is 8.87. The summed E-state index contributed by atoms with van der Waals surface area (Å²) in [5.74, 6) is -2.52. The van der Waals surface area contributed by atoms with Crippen molar-refractivity contribution < 1.29 is 24.6 Å². The van der Waals surface area contributed by atoms with Gasteiger partial charge >= 0.3 is 11.9 Å². The standard InChI is InChI=1S/C23H32N2O5/c1-15(24-14-17(21(27)28)12-16-8-4-2-5-9-16)19(26)20-23(10-6-3-7-11-23)13-18(25-20)22(29)30/h2,4-5,8-9,15,17-18,20,24-25H,3,6-7,10-14H2,1H3,(H,27,28)(H,29,30). The first kappa shape index (κ1) is 22.4. The molecule has 0 aromatic heterocycles. The van der Waals surface area contributed by atoms with E-state index in [1.807, 2.05) is 30.3 Å². The van der Waals surface area contributed by atoms with Crippen LogP contribution in [-0.2, 0) is 20.8 Å². The summed E-state index contributed by atoms with van der Waals surface area (Å²) in [5.41, 5.74) is 0.637. The molecule has 3 rings (SSSR count). The third kappa shape index (κ3) is 5.08. The Morgan fingerprint density at radius 2 is 1.80 bits per heavy atom. The number of benzene rings is 1. The van der Waals surface area contributed by atoms with E-state index in [0.29, 0.717) is 12.8 Å². The summed E-state index contributed by atoms with van der Waals surface area (Å²) >= 11 is 0. The fourth-order valence-corrected chi connectivity index (χ4v) is 5.07. The molecule has 1 heterocycles. The van der Waals surface area contributed by atoms with E-state index < -0.39 is 36.0 Å². The van der Waals surface area contributed by atoms with Gasteiger partial charge in [-0.05, 0) is 43.6 Å². The minimum absolute atomic E-state index is 0.0653. The molecule has 4 atom stereocenters. The van der Waals surface area contributed by atoms with E-state index in [0.717, 1.165) is 37.7 Å². The number of Topliss-reactive ketones (excluding diaryl/α,β-unsaturated/α-hetero) is 1. The molecule has 0 radical (unpaired) electrons. The maximum atomic E-state index is 13.3. The van der Waals surface area contributed by atoms with Crippen molar-refractivity contribution in [1.29, 1.82) is 0 Å². The van der Waals surface area contributed by atoms with E-state index in [-0.39, 0.29) is 17.7 Å². The first-order valence-electron chi connectivity index (χ1n) is 10.8. The van der Waals surface area contributed by atoms with Crippen LogP contribution in [0.25, 0.3) is 0 Å². The first-order valence-corrected chi connectivity index (χ1v) is 10.8. The molecule has 4 unspecified atom stereocenters. The van der Waals surface area contributed by atoms with Crippen molar-refractivity contribution in [3.63, 3.8) is 0 Å². The number of rotatable bonds is 9. The Hall–Kier alpha value is -2.25. The minimum Gasteiger partial charge on any atom is -0.481 e. The molecule has 1 aliphatic carbocycles. The second kappa shape index (κ2) is 9.71. The van der Waals surface area contributed by atoms with Gasteiger partial charge in [0.2, 0.25) is 0 Å². The summed E-state index contributed by atoms with van der Waals surface area (Å²) in [7, 11) is 0. The molecular formula is C23H32N2O5. The molecule has 1 saturated heterocycles. The molecule has 1 saturated carbocycles. The lowest BCUT2D eigenvalue weighted by Gasteiger charge is -2.38. The molecule has 30 heavy (non-hydrogen) atoms. The Bertz CT molecular complexity index is 760. The first-order chi connectivity index (χ1) is 14.3. The van der Waals surface area contributed by atoms with Crippen LogP contribution >= 0.6 is 0 Å². The number of nitrogens with one attached hydrogen (secondary N) is 2. The Kier molecular flexibility index (Phi) is 7.26. The Balaban J connectivity index is 1.64. The van der Waals surface area contributed by atoms with Gasteiger partial charge < -0.3 is 15.5 Å². The zero-order chi connectivity index (χ0) is 21.7. The monoisotopic (exact) mass is 416 g/mol. The lowest BCUT2D eigenvalue weighted by Crippen LogP contribution is -2.53. The molecule has 0 amide bonds. The molecule has 164 valence electrons. The molecule has 1 aromatic rings. The molecule has 2 aliphatic rings. The summed E-state index contributed by atoms with van der Waals surface area (Å²) < 4.78 is 0. The smallest absolute Gasteiger partial charge is 0.320 e. The summed E-state index contributed by atoms with van der Waals surface area (Å²) in [4.78, 5) is 36.5.